The van der Waals surface area contributed by atoms with Gasteiger partial charge in [-0.3, -0.25) is 4.79 Å². The molecule has 0 spiro atoms. The number of Topliss-reactive ketones (excluding diaryl/α,β-unsaturated/α-hetero) is 1. The van der Waals surface area contributed by atoms with Gasteiger partial charge in [-0.05, 0) is 42.0 Å². The Morgan fingerprint density at radius 3 is 2.65 bits per heavy atom. The fourth-order valence-corrected chi connectivity index (χ4v) is 2.00. The maximum Gasteiger partial charge on any atom is 0.171 e. The van der Waals surface area contributed by atoms with Crippen LogP contribution in [0.5, 0.6) is 5.75 Å². The molecule has 0 aromatic heterocycles. The molecule has 0 unspecified atom stereocenters. The number of carbonyl (C=O) groups is 1. The summed E-state index contributed by atoms with van der Waals surface area (Å²) in [7, 11) is 1.41. The van der Waals surface area contributed by atoms with Crippen molar-refractivity contribution in [2.75, 3.05) is 7.11 Å². The highest BCUT2D eigenvalue weighted by Gasteiger charge is 2.15. The number of benzene rings is 2. The molecule has 0 saturated heterocycles. The molecular weight excluding hydrogens is 286 g/mol. The second-order valence-electron chi connectivity index (χ2n) is 4.18. The van der Waals surface area contributed by atoms with Gasteiger partial charge in [0.05, 0.1) is 12.7 Å². The van der Waals surface area contributed by atoms with E-state index >= 15 is 0 Å². The summed E-state index contributed by atoms with van der Waals surface area (Å²) in [4.78, 5) is 12.2. The van der Waals surface area contributed by atoms with Crippen LogP contribution in [-0.4, -0.2) is 12.9 Å². The van der Waals surface area contributed by atoms with Gasteiger partial charge < -0.3 is 4.74 Å². The Hall–Kier alpha value is -1.94. The van der Waals surface area contributed by atoms with Gasteiger partial charge in [0.15, 0.2) is 5.78 Å². The number of ketones is 1. The third-order valence-corrected chi connectivity index (χ3v) is 3.06. The lowest BCUT2D eigenvalue weighted by atomic mass is 10.0. The van der Waals surface area contributed by atoms with Crippen molar-refractivity contribution in [2.45, 2.75) is 6.42 Å². The number of methoxy groups -OCH3 is 1. The first-order valence-corrected chi connectivity index (χ1v) is 6.19. The fraction of sp³-hybridized carbons (Fsp3) is 0.133. The van der Waals surface area contributed by atoms with Crippen molar-refractivity contribution in [3.63, 3.8) is 0 Å². The van der Waals surface area contributed by atoms with Gasteiger partial charge in [0.2, 0.25) is 0 Å². The summed E-state index contributed by atoms with van der Waals surface area (Å²) in [5.41, 5.74) is 0.285. The van der Waals surface area contributed by atoms with E-state index in [1.807, 2.05) is 0 Å². The lowest BCUT2D eigenvalue weighted by molar-refractivity contribution is 0.0989. The maximum atomic E-state index is 13.5. The molecule has 0 bridgehead atoms. The molecule has 2 aromatic rings. The van der Waals surface area contributed by atoms with E-state index in [9.17, 15) is 13.6 Å². The molecule has 0 fully saturated rings. The Bertz CT molecular complexity index is 656. The SMILES string of the molecule is COc1cc(Cl)ccc1C(=O)Cc1cc(F)ccc1F. The molecule has 0 saturated carbocycles. The second-order valence-corrected chi connectivity index (χ2v) is 4.62. The van der Waals surface area contributed by atoms with Crippen molar-refractivity contribution in [2.24, 2.45) is 0 Å². The first kappa shape index (κ1) is 14.5. The van der Waals surface area contributed by atoms with Crippen molar-refractivity contribution in [3.05, 3.63) is 64.2 Å². The van der Waals surface area contributed by atoms with Gasteiger partial charge in [-0.15, -0.1) is 0 Å². The van der Waals surface area contributed by atoms with Gasteiger partial charge in [0.25, 0.3) is 0 Å². The predicted molar refractivity (Wildman–Crippen MR) is 72.4 cm³/mol. The van der Waals surface area contributed by atoms with Gasteiger partial charge in [-0.25, -0.2) is 8.78 Å². The predicted octanol–water partition coefficient (Wildman–Crippen LogP) is 4.05. The van der Waals surface area contributed by atoms with E-state index in [1.165, 1.54) is 19.2 Å². The van der Waals surface area contributed by atoms with Crippen LogP contribution in [-0.2, 0) is 6.42 Å². The van der Waals surface area contributed by atoms with E-state index in [-0.39, 0.29) is 23.3 Å². The highest BCUT2D eigenvalue weighted by atomic mass is 35.5. The fourth-order valence-electron chi connectivity index (χ4n) is 1.84. The first-order chi connectivity index (χ1) is 9.51. The average Bonchev–Trinajstić information content (AvgIpc) is 2.42. The molecule has 0 N–H and O–H groups in total. The number of rotatable bonds is 4. The summed E-state index contributed by atoms with van der Waals surface area (Å²) in [6.07, 6.45) is -0.248. The molecule has 0 radical (unpaired) electrons. The molecule has 0 aliphatic rings. The Morgan fingerprint density at radius 2 is 1.95 bits per heavy atom. The third-order valence-electron chi connectivity index (χ3n) is 2.82. The van der Waals surface area contributed by atoms with Gasteiger partial charge >= 0.3 is 0 Å². The topological polar surface area (TPSA) is 26.3 Å². The van der Waals surface area contributed by atoms with Crippen LogP contribution in [0.3, 0.4) is 0 Å². The normalized spacial score (nSPS) is 10.4. The highest BCUT2D eigenvalue weighted by molar-refractivity contribution is 6.30. The van der Waals surface area contributed by atoms with E-state index in [0.717, 1.165) is 18.2 Å². The molecule has 2 aromatic carbocycles. The largest absolute Gasteiger partial charge is 0.496 e. The summed E-state index contributed by atoms with van der Waals surface area (Å²) in [6, 6.07) is 7.55. The summed E-state index contributed by atoms with van der Waals surface area (Å²) < 4.78 is 31.7. The summed E-state index contributed by atoms with van der Waals surface area (Å²) in [5.74, 6) is -1.27. The molecule has 2 nitrogen and oxygen atoms in total. The van der Waals surface area contributed by atoms with Crippen LogP contribution in [0.15, 0.2) is 36.4 Å². The minimum atomic E-state index is -0.618. The van der Waals surface area contributed by atoms with Crippen LogP contribution in [0, 0.1) is 11.6 Å². The van der Waals surface area contributed by atoms with Crippen molar-refractivity contribution in [1.29, 1.82) is 0 Å². The standard InChI is InChI=1S/C15H11ClF2O2/c1-20-15-8-10(16)2-4-12(15)14(19)7-9-6-11(17)3-5-13(9)18/h2-6,8H,7H2,1H3. The van der Waals surface area contributed by atoms with Crippen LogP contribution >= 0.6 is 11.6 Å². The minimum absolute atomic E-state index is 0.00648. The Kier molecular flexibility index (Phi) is 4.35. The van der Waals surface area contributed by atoms with Gasteiger partial charge in [-0.1, -0.05) is 11.6 Å². The van der Waals surface area contributed by atoms with Crippen LogP contribution in [0.1, 0.15) is 15.9 Å². The van der Waals surface area contributed by atoms with E-state index in [2.05, 4.69) is 0 Å². The smallest absolute Gasteiger partial charge is 0.171 e. The van der Waals surface area contributed by atoms with Crippen molar-refractivity contribution < 1.29 is 18.3 Å². The van der Waals surface area contributed by atoms with Crippen LogP contribution in [0.25, 0.3) is 0 Å². The molecule has 5 heteroatoms. The maximum absolute atomic E-state index is 13.5. The zero-order valence-electron chi connectivity index (χ0n) is 10.6. The molecule has 0 atom stereocenters. The molecule has 0 amide bonds. The van der Waals surface area contributed by atoms with Gasteiger partial charge in [0.1, 0.15) is 17.4 Å². The third kappa shape index (κ3) is 3.14. The molecule has 0 heterocycles. The monoisotopic (exact) mass is 296 g/mol. The second kappa shape index (κ2) is 6.01. The van der Waals surface area contributed by atoms with Crippen molar-refractivity contribution in [3.8, 4) is 5.75 Å². The minimum Gasteiger partial charge on any atom is -0.496 e. The number of ether oxygens (including phenoxy) is 1. The molecular formula is C15H11ClF2O2. The molecule has 0 aliphatic heterocycles. The molecule has 0 aliphatic carbocycles. The lowest BCUT2D eigenvalue weighted by Gasteiger charge is -2.08. The van der Waals surface area contributed by atoms with E-state index in [4.69, 9.17) is 16.3 Å². The average molecular weight is 297 g/mol. The lowest BCUT2D eigenvalue weighted by Crippen LogP contribution is -2.07. The van der Waals surface area contributed by atoms with E-state index < -0.39 is 11.6 Å². The van der Waals surface area contributed by atoms with Gasteiger partial charge in [-0.2, -0.15) is 0 Å². The molecule has 104 valence electrons. The zero-order valence-corrected chi connectivity index (χ0v) is 11.4. The van der Waals surface area contributed by atoms with Crippen LogP contribution < -0.4 is 4.74 Å². The van der Waals surface area contributed by atoms with Gasteiger partial charge in [0, 0.05) is 11.4 Å². The Morgan fingerprint density at radius 1 is 1.20 bits per heavy atom. The van der Waals surface area contributed by atoms with E-state index in [0.29, 0.717) is 10.8 Å². The van der Waals surface area contributed by atoms with Crippen molar-refractivity contribution in [1.82, 2.24) is 0 Å². The highest BCUT2D eigenvalue weighted by Crippen LogP contribution is 2.25. The number of carbonyl (C=O) groups excluding carboxylic acids is 1. The number of hydrogen-bond donors (Lipinski definition) is 0. The molecule has 20 heavy (non-hydrogen) atoms. The Labute approximate surface area is 119 Å². The first-order valence-electron chi connectivity index (χ1n) is 5.82. The molecule has 2 rings (SSSR count). The van der Waals surface area contributed by atoms with Crippen molar-refractivity contribution >= 4 is 17.4 Å². The summed E-state index contributed by atoms with van der Waals surface area (Å²) in [6.45, 7) is 0. The number of hydrogen-bond acceptors (Lipinski definition) is 2. The summed E-state index contributed by atoms with van der Waals surface area (Å²) in [5, 5.41) is 0.426. The van der Waals surface area contributed by atoms with Crippen LogP contribution in [0.4, 0.5) is 8.78 Å². The quantitative estimate of drug-likeness (QED) is 0.796. The Balaban J connectivity index is 2.30. The van der Waals surface area contributed by atoms with E-state index in [1.54, 1.807) is 6.07 Å². The zero-order chi connectivity index (χ0) is 14.7. The summed E-state index contributed by atoms with van der Waals surface area (Å²) >= 11 is 5.81. The number of halogens is 3. The van der Waals surface area contributed by atoms with Crippen LogP contribution in [0.2, 0.25) is 5.02 Å².